The van der Waals surface area contributed by atoms with Crippen LogP contribution in [0.15, 0.2) is 28.9 Å². The van der Waals surface area contributed by atoms with Gasteiger partial charge in [0.05, 0.1) is 5.52 Å². The van der Waals surface area contributed by atoms with Crippen LogP contribution in [0.2, 0.25) is 0 Å². The third kappa shape index (κ3) is 1.38. The van der Waals surface area contributed by atoms with Crippen LogP contribution in [0.1, 0.15) is 25.3 Å². The van der Waals surface area contributed by atoms with Crippen LogP contribution in [-0.2, 0) is 7.05 Å². The first kappa shape index (κ1) is 9.78. The molecule has 2 heteroatoms. The van der Waals surface area contributed by atoms with Crippen LogP contribution in [0.25, 0.3) is 10.9 Å². The second kappa shape index (κ2) is 3.43. The Kier molecular flexibility index (Phi) is 2.40. The highest BCUT2D eigenvalue weighted by atomic mass is 79.9. The van der Waals surface area contributed by atoms with Crippen molar-refractivity contribution in [3.8, 4) is 0 Å². The van der Waals surface area contributed by atoms with Crippen molar-refractivity contribution in [3.63, 3.8) is 0 Å². The van der Waals surface area contributed by atoms with E-state index in [0.29, 0.717) is 5.92 Å². The normalized spacial score (nSPS) is 11.5. The van der Waals surface area contributed by atoms with E-state index in [2.05, 4.69) is 65.8 Å². The van der Waals surface area contributed by atoms with E-state index >= 15 is 0 Å². The van der Waals surface area contributed by atoms with E-state index in [9.17, 15) is 0 Å². The fraction of sp³-hybridized carbons (Fsp3) is 0.333. The third-order valence-corrected chi connectivity index (χ3v) is 3.25. The molecular weight excluding hydrogens is 238 g/mol. The maximum Gasteiger partial charge on any atom is 0.0625 e. The fourth-order valence-electron chi connectivity index (χ4n) is 1.91. The number of hydrogen-bond acceptors (Lipinski definition) is 0. The van der Waals surface area contributed by atoms with Gasteiger partial charge in [-0.3, -0.25) is 0 Å². The van der Waals surface area contributed by atoms with Crippen LogP contribution >= 0.6 is 15.9 Å². The predicted octanol–water partition coefficient (Wildman–Crippen LogP) is 4.06. The average Bonchev–Trinajstić information content (AvgIpc) is 2.45. The topological polar surface area (TPSA) is 4.93 Å². The number of benzene rings is 1. The van der Waals surface area contributed by atoms with Crippen molar-refractivity contribution < 1.29 is 0 Å². The maximum absolute atomic E-state index is 3.59. The smallest absolute Gasteiger partial charge is 0.0625 e. The van der Waals surface area contributed by atoms with Gasteiger partial charge in [-0.25, -0.2) is 0 Å². The Morgan fingerprint density at radius 3 is 2.64 bits per heavy atom. The molecule has 0 aliphatic heterocycles. The first-order valence-electron chi connectivity index (χ1n) is 4.84. The van der Waals surface area contributed by atoms with Crippen molar-refractivity contribution in [3.05, 3.63) is 34.4 Å². The molecule has 0 N–H and O–H groups in total. The summed E-state index contributed by atoms with van der Waals surface area (Å²) in [4.78, 5) is 0. The Labute approximate surface area is 92.9 Å². The van der Waals surface area contributed by atoms with Crippen LogP contribution < -0.4 is 0 Å². The Morgan fingerprint density at radius 1 is 1.29 bits per heavy atom. The summed E-state index contributed by atoms with van der Waals surface area (Å²) >= 11 is 3.59. The van der Waals surface area contributed by atoms with Crippen molar-refractivity contribution >= 4 is 26.8 Å². The lowest BCUT2D eigenvalue weighted by Gasteiger charge is -2.01. The number of nitrogens with zero attached hydrogens (tertiary/aromatic N) is 1. The van der Waals surface area contributed by atoms with E-state index in [4.69, 9.17) is 0 Å². The first-order valence-corrected chi connectivity index (χ1v) is 5.64. The van der Waals surface area contributed by atoms with Gasteiger partial charge in [0, 0.05) is 23.1 Å². The number of hydrogen-bond donors (Lipinski definition) is 0. The molecule has 1 nitrogen and oxygen atoms in total. The summed E-state index contributed by atoms with van der Waals surface area (Å²) in [6.07, 6.45) is 2.22. The van der Waals surface area contributed by atoms with E-state index in [0.717, 1.165) is 0 Å². The molecule has 0 spiro atoms. The molecule has 2 aromatic rings. The number of aryl methyl sites for hydroxylation is 1. The van der Waals surface area contributed by atoms with Crippen molar-refractivity contribution in [1.29, 1.82) is 0 Å². The highest BCUT2D eigenvalue weighted by molar-refractivity contribution is 9.10. The fourth-order valence-corrected chi connectivity index (χ4v) is 2.56. The molecule has 74 valence electrons. The molecule has 0 bridgehead atoms. The number of rotatable bonds is 1. The van der Waals surface area contributed by atoms with Gasteiger partial charge >= 0.3 is 0 Å². The van der Waals surface area contributed by atoms with Gasteiger partial charge in [-0.05, 0) is 33.5 Å². The number of aromatic nitrogens is 1. The Hall–Kier alpha value is -0.760. The zero-order valence-corrected chi connectivity index (χ0v) is 10.3. The molecule has 1 aromatic heterocycles. The van der Waals surface area contributed by atoms with Gasteiger partial charge in [0.25, 0.3) is 0 Å². The van der Waals surface area contributed by atoms with E-state index in [1.807, 2.05) is 0 Å². The summed E-state index contributed by atoms with van der Waals surface area (Å²) in [5.74, 6) is 0.577. The molecule has 0 amide bonds. The SMILES string of the molecule is CC(C)c1cn(C)c2c(Br)cccc12. The molecule has 0 atom stereocenters. The zero-order chi connectivity index (χ0) is 10.3. The summed E-state index contributed by atoms with van der Waals surface area (Å²) in [5, 5.41) is 1.36. The minimum atomic E-state index is 0.577. The van der Waals surface area contributed by atoms with Crippen molar-refractivity contribution in [2.45, 2.75) is 19.8 Å². The van der Waals surface area contributed by atoms with Crippen LogP contribution in [-0.4, -0.2) is 4.57 Å². The first-order chi connectivity index (χ1) is 6.61. The van der Waals surface area contributed by atoms with Crippen LogP contribution in [0.5, 0.6) is 0 Å². The monoisotopic (exact) mass is 251 g/mol. The molecule has 0 aliphatic rings. The number of halogens is 1. The van der Waals surface area contributed by atoms with E-state index in [1.54, 1.807) is 0 Å². The summed E-state index contributed by atoms with van der Waals surface area (Å²) in [6.45, 7) is 4.46. The van der Waals surface area contributed by atoms with Crippen LogP contribution in [0, 0.1) is 0 Å². The van der Waals surface area contributed by atoms with Gasteiger partial charge in [0.1, 0.15) is 0 Å². The molecule has 0 saturated carbocycles. The Morgan fingerprint density at radius 2 is 2.00 bits per heavy atom. The Balaban J connectivity index is 2.84. The third-order valence-electron chi connectivity index (χ3n) is 2.61. The minimum Gasteiger partial charge on any atom is -0.349 e. The predicted molar refractivity (Wildman–Crippen MR) is 64.7 cm³/mol. The van der Waals surface area contributed by atoms with E-state index in [1.165, 1.54) is 20.9 Å². The largest absolute Gasteiger partial charge is 0.349 e. The molecule has 0 unspecified atom stereocenters. The molecule has 1 aromatic carbocycles. The highest BCUT2D eigenvalue weighted by Crippen LogP contribution is 2.31. The van der Waals surface area contributed by atoms with Gasteiger partial charge in [0.2, 0.25) is 0 Å². The van der Waals surface area contributed by atoms with Gasteiger partial charge in [0.15, 0.2) is 0 Å². The summed E-state index contributed by atoms with van der Waals surface area (Å²) < 4.78 is 3.36. The molecule has 0 radical (unpaired) electrons. The van der Waals surface area contributed by atoms with Crippen molar-refractivity contribution in [2.75, 3.05) is 0 Å². The second-order valence-corrected chi connectivity index (χ2v) is 4.84. The van der Waals surface area contributed by atoms with E-state index < -0.39 is 0 Å². The van der Waals surface area contributed by atoms with Gasteiger partial charge in [-0.15, -0.1) is 0 Å². The van der Waals surface area contributed by atoms with Crippen molar-refractivity contribution in [1.82, 2.24) is 4.57 Å². The molecule has 0 fully saturated rings. The summed E-state index contributed by atoms with van der Waals surface area (Å²) in [7, 11) is 2.10. The second-order valence-electron chi connectivity index (χ2n) is 3.99. The molecule has 14 heavy (non-hydrogen) atoms. The number of para-hydroxylation sites is 1. The van der Waals surface area contributed by atoms with Gasteiger partial charge < -0.3 is 4.57 Å². The quantitative estimate of drug-likeness (QED) is 0.721. The Bertz CT molecular complexity index is 468. The molecule has 2 rings (SSSR count). The standard InChI is InChI=1S/C12H14BrN/c1-8(2)10-7-14(3)12-9(10)5-4-6-11(12)13/h4-8H,1-3H3. The van der Waals surface area contributed by atoms with E-state index in [-0.39, 0.29) is 0 Å². The van der Waals surface area contributed by atoms with Gasteiger partial charge in [-0.2, -0.15) is 0 Å². The molecule has 1 heterocycles. The highest BCUT2D eigenvalue weighted by Gasteiger charge is 2.10. The summed E-state index contributed by atoms with van der Waals surface area (Å²) in [6, 6.07) is 6.38. The zero-order valence-electron chi connectivity index (χ0n) is 8.71. The molecular formula is C12H14BrN. The van der Waals surface area contributed by atoms with Gasteiger partial charge in [-0.1, -0.05) is 26.0 Å². The molecule has 0 saturated heterocycles. The summed E-state index contributed by atoms with van der Waals surface area (Å²) in [5.41, 5.74) is 2.71. The lowest BCUT2D eigenvalue weighted by atomic mass is 10.0. The lowest BCUT2D eigenvalue weighted by Crippen LogP contribution is -1.84. The lowest BCUT2D eigenvalue weighted by molar-refractivity contribution is 0.857. The minimum absolute atomic E-state index is 0.577. The number of fused-ring (bicyclic) bond motifs is 1. The average molecular weight is 252 g/mol. The van der Waals surface area contributed by atoms with Crippen molar-refractivity contribution in [2.24, 2.45) is 7.05 Å². The maximum atomic E-state index is 3.59. The van der Waals surface area contributed by atoms with Crippen LogP contribution in [0.4, 0.5) is 0 Å². The van der Waals surface area contributed by atoms with Crippen LogP contribution in [0.3, 0.4) is 0 Å². The molecule has 0 aliphatic carbocycles.